The second-order valence-electron chi connectivity index (χ2n) is 4.30. The Hall–Kier alpha value is -2.09. The summed E-state index contributed by atoms with van der Waals surface area (Å²) in [6.07, 6.45) is 4.03. The Kier molecular flexibility index (Phi) is 2.22. The molecule has 2 aromatic heterocycles. The van der Waals surface area contributed by atoms with Crippen molar-refractivity contribution in [2.45, 2.75) is 13.8 Å². The molecule has 0 amide bonds. The molecule has 2 heterocycles. The molecule has 2 nitrogen and oxygen atoms in total. The lowest BCUT2D eigenvalue weighted by Gasteiger charge is -2.09. The second kappa shape index (κ2) is 3.74. The summed E-state index contributed by atoms with van der Waals surface area (Å²) in [7, 11) is 0. The molecule has 0 radical (unpaired) electrons. The van der Waals surface area contributed by atoms with Gasteiger partial charge in [0.25, 0.3) is 0 Å². The van der Waals surface area contributed by atoms with Crippen molar-refractivity contribution in [2.75, 3.05) is 0 Å². The van der Waals surface area contributed by atoms with Crippen molar-refractivity contribution in [3.8, 4) is 11.1 Å². The molecule has 3 rings (SSSR count). The minimum Gasteiger partial charge on any atom is -0.303 e. The quantitative estimate of drug-likeness (QED) is 0.614. The van der Waals surface area contributed by atoms with E-state index in [1.165, 1.54) is 22.2 Å². The molecule has 1 aromatic carbocycles. The Bertz CT molecular complexity index is 666. The maximum Gasteiger partial charge on any atom is 0.110 e. The van der Waals surface area contributed by atoms with Gasteiger partial charge in [-0.3, -0.25) is 0 Å². The molecule has 2 heteroatoms. The Morgan fingerprint density at radius 1 is 1.00 bits per heavy atom. The van der Waals surface area contributed by atoms with E-state index in [1.54, 1.807) is 0 Å². The minimum atomic E-state index is 1.03. The second-order valence-corrected chi connectivity index (χ2v) is 4.30. The van der Waals surface area contributed by atoms with Gasteiger partial charge < -0.3 is 4.40 Å². The van der Waals surface area contributed by atoms with Gasteiger partial charge in [-0.25, -0.2) is 4.98 Å². The maximum absolute atomic E-state index is 4.39. The molecule has 0 aliphatic carbocycles. The lowest BCUT2D eigenvalue weighted by molar-refractivity contribution is 1.04. The summed E-state index contributed by atoms with van der Waals surface area (Å²) in [4.78, 5) is 4.39. The van der Waals surface area contributed by atoms with Crippen LogP contribution in [-0.4, -0.2) is 9.38 Å². The summed E-state index contributed by atoms with van der Waals surface area (Å²) < 4.78 is 2.13. The normalized spacial score (nSPS) is 10.9. The number of aromatic nitrogens is 2. The minimum absolute atomic E-state index is 1.03. The molecule has 0 spiro atoms. The lowest BCUT2D eigenvalue weighted by Crippen LogP contribution is -1.92. The summed E-state index contributed by atoms with van der Waals surface area (Å²) >= 11 is 0. The van der Waals surface area contributed by atoms with Crippen LogP contribution in [0, 0.1) is 13.8 Å². The topological polar surface area (TPSA) is 17.3 Å². The molecule has 0 aliphatic rings. The highest BCUT2D eigenvalue weighted by Crippen LogP contribution is 2.28. The van der Waals surface area contributed by atoms with Crippen molar-refractivity contribution in [2.24, 2.45) is 0 Å². The molecule has 0 bridgehead atoms. The van der Waals surface area contributed by atoms with E-state index in [4.69, 9.17) is 0 Å². The van der Waals surface area contributed by atoms with Crippen LogP contribution in [0.25, 0.3) is 16.6 Å². The summed E-state index contributed by atoms with van der Waals surface area (Å²) in [6.45, 7) is 4.17. The first-order valence-corrected chi connectivity index (χ1v) is 5.76. The van der Waals surface area contributed by atoms with E-state index in [0.29, 0.717) is 0 Å². The molecule has 0 N–H and O–H groups in total. The van der Waals surface area contributed by atoms with E-state index >= 15 is 0 Å². The molecular weight excluding hydrogens is 208 g/mol. The first kappa shape index (κ1) is 10.1. The van der Waals surface area contributed by atoms with Gasteiger partial charge in [-0.05, 0) is 31.0 Å². The van der Waals surface area contributed by atoms with Gasteiger partial charge in [0.15, 0.2) is 0 Å². The molecule has 0 fully saturated rings. The van der Waals surface area contributed by atoms with Crippen molar-refractivity contribution in [3.05, 3.63) is 60.2 Å². The van der Waals surface area contributed by atoms with E-state index in [-0.39, 0.29) is 0 Å². The number of pyridine rings is 1. The molecule has 0 saturated carbocycles. The van der Waals surface area contributed by atoms with Crippen LogP contribution in [0.5, 0.6) is 0 Å². The van der Waals surface area contributed by atoms with Crippen molar-refractivity contribution >= 4 is 5.52 Å². The molecule has 17 heavy (non-hydrogen) atoms. The highest BCUT2D eigenvalue weighted by molar-refractivity contribution is 5.82. The van der Waals surface area contributed by atoms with Gasteiger partial charge in [0.1, 0.15) is 5.82 Å². The zero-order valence-corrected chi connectivity index (χ0v) is 10.0. The van der Waals surface area contributed by atoms with Crippen LogP contribution in [0.3, 0.4) is 0 Å². The molecule has 84 valence electrons. The number of imidazole rings is 1. The average Bonchev–Trinajstić information content (AvgIpc) is 2.72. The van der Waals surface area contributed by atoms with E-state index < -0.39 is 0 Å². The fourth-order valence-corrected chi connectivity index (χ4v) is 2.28. The van der Waals surface area contributed by atoms with Crippen LogP contribution in [-0.2, 0) is 0 Å². The van der Waals surface area contributed by atoms with Crippen LogP contribution in [0.2, 0.25) is 0 Å². The van der Waals surface area contributed by atoms with Gasteiger partial charge in [-0.2, -0.15) is 0 Å². The van der Waals surface area contributed by atoms with Crippen molar-refractivity contribution in [3.63, 3.8) is 0 Å². The summed E-state index contributed by atoms with van der Waals surface area (Å²) in [5.74, 6) is 1.03. The number of fused-ring (bicyclic) bond motifs is 1. The highest BCUT2D eigenvalue weighted by atomic mass is 15.0. The fourth-order valence-electron chi connectivity index (χ4n) is 2.28. The Balaban J connectivity index is 2.39. The summed E-state index contributed by atoms with van der Waals surface area (Å²) in [5, 5.41) is 0. The van der Waals surface area contributed by atoms with Gasteiger partial charge in [0, 0.05) is 11.8 Å². The summed E-state index contributed by atoms with van der Waals surface area (Å²) in [5.41, 5.74) is 4.97. The zero-order chi connectivity index (χ0) is 11.8. The van der Waals surface area contributed by atoms with Crippen molar-refractivity contribution in [1.29, 1.82) is 0 Å². The third-order valence-corrected chi connectivity index (χ3v) is 3.17. The average molecular weight is 222 g/mol. The first-order valence-electron chi connectivity index (χ1n) is 5.76. The van der Waals surface area contributed by atoms with Crippen molar-refractivity contribution < 1.29 is 0 Å². The van der Waals surface area contributed by atoms with E-state index in [2.05, 4.69) is 52.8 Å². The number of benzene rings is 1. The smallest absolute Gasteiger partial charge is 0.110 e. The molecule has 0 aliphatic heterocycles. The Morgan fingerprint density at radius 2 is 1.76 bits per heavy atom. The number of hydrogen-bond donors (Lipinski definition) is 0. The van der Waals surface area contributed by atoms with Gasteiger partial charge in [-0.1, -0.05) is 30.3 Å². The van der Waals surface area contributed by atoms with Gasteiger partial charge in [-0.15, -0.1) is 0 Å². The van der Waals surface area contributed by atoms with E-state index in [0.717, 1.165) is 5.82 Å². The van der Waals surface area contributed by atoms with Crippen LogP contribution < -0.4 is 0 Å². The molecule has 0 saturated heterocycles. The number of hydrogen-bond acceptors (Lipinski definition) is 1. The number of nitrogens with zero attached hydrogens (tertiary/aromatic N) is 2. The van der Waals surface area contributed by atoms with Gasteiger partial charge in [0.05, 0.1) is 11.7 Å². The third-order valence-electron chi connectivity index (χ3n) is 3.17. The zero-order valence-electron chi connectivity index (χ0n) is 10.0. The summed E-state index contributed by atoms with van der Waals surface area (Å²) in [6, 6.07) is 12.6. The SMILES string of the molecule is Cc1ccn2c(C)ncc2c1-c1ccccc1. The number of aryl methyl sites for hydroxylation is 2. The van der Waals surface area contributed by atoms with E-state index in [9.17, 15) is 0 Å². The van der Waals surface area contributed by atoms with Crippen LogP contribution in [0.4, 0.5) is 0 Å². The predicted molar refractivity (Wildman–Crippen MR) is 70.1 cm³/mol. The molecule has 0 atom stereocenters. The largest absolute Gasteiger partial charge is 0.303 e. The van der Waals surface area contributed by atoms with Gasteiger partial charge in [0.2, 0.25) is 0 Å². The van der Waals surface area contributed by atoms with Crippen LogP contribution in [0.15, 0.2) is 48.8 Å². The lowest BCUT2D eigenvalue weighted by atomic mass is 10.0. The Labute approximate surface area is 101 Å². The maximum atomic E-state index is 4.39. The third kappa shape index (κ3) is 1.53. The molecule has 3 aromatic rings. The van der Waals surface area contributed by atoms with Gasteiger partial charge >= 0.3 is 0 Å². The number of rotatable bonds is 1. The Morgan fingerprint density at radius 3 is 2.53 bits per heavy atom. The standard InChI is InChI=1S/C15H14N2/c1-11-8-9-17-12(2)16-10-14(17)15(11)13-6-4-3-5-7-13/h3-10H,1-2H3. The first-order chi connectivity index (χ1) is 8.27. The van der Waals surface area contributed by atoms with E-state index in [1.807, 2.05) is 19.2 Å². The van der Waals surface area contributed by atoms with Crippen LogP contribution in [0.1, 0.15) is 11.4 Å². The highest BCUT2D eigenvalue weighted by Gasteiger charge is 2.09. The monoisotopic (exact) mass is 222 g/mol. The van der Waals surface area contributed by atoms with Crippen LogP contribution >= 0.6 is 0 Å². The predicted octanol–water partition coefficient (Wildman–Crippen LogP) is 3.62. The molecule has 0 unspecified atom stereocenters. The van der Waals surface area contributed by atoms with Crippen molar-refractivity contribution in [1.82, 2.24) is 9.38 Å². The fraction of sp³-hybridized carbons (Fsp3) is 0.133. The molecular formula is C15H14N2.